The Morgan fingerprint density at radius 2 is 1.56 bits per heavy atom. The van der Waals surface area contributed by atoms with Gasteiger partial charge in [0, 0.05) is 37.4 Å². The number of benzene rings is 2. The van der Waals surface area contributed by atoms with E-state index in [0.29, 0.717) is 24.6 Å². The van der Waals surface area contributed by atoms with E-state index in [0.717, 1.165) is 75.0 Å². The third-order valence-corrected chi connectivity index (χ3v) is 8.24. The number of nitrogens with one attached hydrogen (secondary N) is 1. The second-order valence-corrected chi connectivity index (χ2v) is 11.9. The quantitative estimate of drug-likeness (QED) is 0.401. The zero-order valence-electron chi connectivity index (χ0n) is 23.1. The van der Waals surface area contributed by atoms with E-state index in [1.54, 1.807) is 4.90 Å². The first-order valence-electron chi connectivity index (χ1n) is 14.2. The highest BCUT2D eigenvalue weighted by atomic mass is 19.4. The van der Waals surface area contributed by atoms with Crippen molar-refractivity contribution in [3.05, 3.63) is 54.1 Å². The van der Waals surface area contributed by atoms with Crippen LogP contribution in [0.1, 0.15) is 62.7 Å². The predicted octanol–water partition coefficient (Wildman–Crippen LogP) is 6.44. The molecule has 5 nitrogen and oxygen atoms in total. The highest BCUT2D eigenvalue weighted by Crippen LogP contribution is 2.38. The molecule has 2 fully saturated rings. The molecule has 2 aliphatic heterocycles. The van der Waals surface area contributed by atoms with Crippen molar-refractivity contribution in [3.8, 4) is 11.1 Å². The summed E-state index contributed by atoms with van der Waals surface area (Å²) in [6.07, 6.45) is 0.897. The monoisotopic (exact) mass is 545 g/mol. The van der Waals surface area contributed by atoms with E-state index in [2.05, 4.69) is 29.6 Å². The molecule has 1 unspecified atom stereocenters. The minimum Gasteiger partial charge on any atom is -0.391 e. The van der Waals surface area contributed by atoms with Gasteiger partial charge in [-0.15, -0.1) is 0 Å². The average Bonchev–Trinajstić information content (AvgIpc) is 3.13. The van der Waals surface area contributed by atoms with E-state index in [1.807, 2.05) is 29.2 Å². The summed E-state index contributed by atoms with van der Waals surface area (Å²) in [7, 11) is 0. The van der Waals surface area contributed by atoms with Crippen LogP contribution in [0.4, 0.5) is 18.9 Å². The van der Waals surface area contributed by atoms with Gasteiger partial charge in [0.1, 0.15) is 0 Å². The van der Waals surface area contributed by atoms with Gasteiger partial charge in [-0.1, -0.05) is 24.3 Å². The minimum atomic E-state index is -4.18. The lowest BCUT2D eigenvalue weighted by Gasteiger charge is -2.33. The van der Waals surface area contributed by atoms with Gasteiger partial charge in [-0.05, 0) is 107 Å². The number of halogens is 3. The standard InChI is InChI=1S/C31H42F3N3O2/c1-30(2,31(32,33)34)22-36-18-3-5-23(16-20-36)15-17-35-27-13-11-25(12-14-27)24-7-9-26(10-8-24)29(39)37-19-4-6-28(38)21-37/h7-14,23,28,35,38H,3-6,15-22H2,1-2H3/t23?,28-/m0/s1. The second-order valence-electron chi connectivity index (χ2n) is 11.9. The van der Waals surface area contributed by atoms with E-state index >= 15 is 0 Å². The number of nitrogens with zero attached hydrogens (tertiary/aromatic N) is 2. The molecular formula is C31H42F3N3O2. The molecule has 1 amide bonds. The molecule has 2 N–H and O–H groups in total. The van der Waals surface area contributed by atoms with Crippen molar-refractivity contribution in [1.29, 1.82) is 0 Å². The maximum Gasteiger partial charge on any atom is 0.395 e. The largest absolute Gasteiger partial charge is 0.395 e. The van der Waals surface area contributed by atoms with Crippen molar-refractivity contribution >= 4 is 11.6 Å². The molecule has 2 aromatic carbocycles. The molecule has 8 heteroatoms. The number of piperidine rings is 1. The van der Waals surface area contributed by atoms with Crippen LogP contribution >= 0.6 is 0 Å². The molecule has 0 spiro atoms. The molecule has 2 heterocycles. The van der Waals surface area contributed by atoms with Crippen molar-refractivity contribution < 1.29 is 23.1 Å². The molecule has 2 saturated heterocycles. The first-order chi connectivity index (χ1) is 18.5. The van der Waals surface area contributed by atoms with E-state index < -0.39 is 17.7 Å². The first-order valence-corrected chi connectivity index (χ1v) is 14.2. The number of carbonyl (C=O) groups is 1. The van der Waals surface area contributed by atoms with Gasteiger partial charge < -0.3 is 20.2 Å². The van der Waals surface area contributed by atoms with Gasteiger partial charge in [0.15, 0.2) is 0 Å². The van der Waals surface area contributed by atoms with Crippen molar-refractivity contribution in [2.75, 3.05) is 44.6 Å². The summed E-state index contributed by atoms with van der Waals surface area (Å²) in [4.78, 5) is 16.5. The molecule has 0 aromatic heterocycles. The van der Waals surface area contributed by atoms with Crippen LogP contribution in [0.2, 0.25) is 0 Å². The minimum absolute atomic E-state index is 0.0358. The van der Waals surface area contributed by atoms with Crippen molar-refractivity contribution in [2.24, 2.45) is 11.3 Å². The smallest absolute Gasteiger partial charge is 0.391 e. The van der Waals surface area contributed by atoms with Gasteiger partial charge in [0.2, 0.25) is 0 Å². The Morgan fingerprint density at radius 1 is 0.923 bits per heavy atom. The summed E-state index contributed by atoms with van der Waals surface area (Å²) in [6, 6.07) is 15.8. The lowest BCUT2D eigenvalue weighted by molar-refractivity contribution is -0.216. The van der Waals surface area contributed by atoms with Gasteiger partial charge >= 0.3 is 6.18 Å². The molecule has 0 bridgehead atoms. The molecule has 2 aromatic rings. The molecule has 0 radical (unpaired) electrons. The molecule has 0 saturated carbocycles. The van der Waals surface area contributed by atoms with Crippen molar-refractivity contribution in [1.82, 2.24) is 9.80 Å². The van der Waals surface area contributed by atoms with Crippen LogP contribution in [0, 0.1) is 11.3 Å². The summed E-state index contributed by atoms with van der Waals surface area (Å²) in [5, 5.41) is 13.3. The van der Waals surface area contributed by atoms with Crippen molar-refractivity contribution in [3.63, 3.8) is 0 Å². The highest BCUT2D eigenvalue weighted by Gasteiger charge is 2.48. The Kier molecular flexibility index (Phi) is 9.60. The fourth-order valence-electron chi connectivity index (χ4n) is 5.65. The molecule has 0 aliphatic carbocycles. The molecule has 39 heavy (non-hydrogen) atoms. The van der Waals surface area contributed by atoms with Crippen LogP contribution in [0.25, 0.3) is 11.1 Å². The van der Waals surface area contributed by atoms with Gasteiger partial charge in [-0.25, -0.2) is 0 Å². The zero-order valence-corrected chi connectivity index (χ0v) is 23.1. The van der Waals surface area contributed by atoms with E-state index in [-0.39, 0.29) is 12.5 Å². The average molecular weight is 546 g/mol. The van der Waals surface area contributed by atoms with Crippen LogP contribution in [-0.4, -0.2) is 72.4 Å². The topological polar surface area (TPSA) is 55.8 Å². The summed E-state index contributed by atoms with van der Waals surface area (Å²) in [5.74, 6) is 0.483. The summed E-state index contributed by atoms with van der Waals surface area (Å²) in [6.45, 7) is 6.04. The number of likely N-dealkylation sites (tertiary alicyclic amines) is 2. The number of hydrogen-bond donors (Lipinski definition) is 2. The number of aliphatic hydroxyl groups is 1. The number of anilines is 1. The fraction of sp³-hybridized carbons (Fsp3) is 0.581. The van der Waals surface area contributed by atoms with Gasteiger partial charge in [-0.3, -0.25) is 4.79 Å². The number of hydrogen-bond acceptors (Lipinski definition) is 4. The Hall–Kier alpha value is -2.58. The maximum atomic E-state index is 13.3. The molecule has 2 aliphatic rings. The first kappa shape index (κ1) is 29.4. The van der Waals surface area contributed by atoms with Crippen LogP contribution in [0.15, 0.2) is 48.5 Å². The normalized spacial score (nSPS) is 21.4. The Bertz CT molecular complexity index is 1070. The highest BCUT2D eigenvalue weighted by molar-refractivity contribution is 5.94. The number of β-amino-alcohol motifs (C(OH)–C–C–N with tert-alkyl or cyclic N) is 1. The van der Waals surface area contributed by atoms with Crippen LogP contribution < -0.4 is 5.32 Å². The van der Waals surface area contributed by atoms with Gasteiger partial charge in [0.25, 0.3) is 5.91 Å². The van der Waals surface area contributed by atoms with E-state index in [9.17, 15) is 23.1 Å². The third-order valence-electron chi connectivity index (χ3n) is 8.24. The third kappa shape index (κ3) is 7.98. The van der Waals surface area contributed by atoms with Crippen LogP contribution in [-0.2, 0) is 0 Å². The SMILES string of the molecule is CC(C)(CN1CCCC(CCNc2ccc(-c3ccc(C(=O)N4CCC[C@H](O)C4)cc3)cc2)CC1)C(F)(F)F. The van der Waals surface area contributed by atoms with Gasteiger partial charge in [-0.2, -0.15) is 13.2 Å². The maximum absolute atomic E-state index is 13.3. The Labute approximate surface area is 230 Å². The summed E-state index contributed by atoms with van der Waals surface area (Å²) < 4.78 is 39.8. The number of carbonyl (C=O) groups excluding carboxylic acids is 1. The number of rotatable bonds is 8. The zero-order chi connectivity index (χ0) is 28.0. The van der Waals surface area contributed by atoms with Crippen molar-refractivity contribution in [2.45, 2.75) is 64.7 Å². The number of amides is 1. The number of aliphatic hydroxyl groups excluding tert-OH is 1. The lowest BCUT2D eigenvalue weighted by Crippen LogP contribution is -2.43. The lowest BCUT2D eigenvalue weighted by atomic mass is 9.92. The van der Waals surface area contributed by atoms with E-state index in [1.165, 1.54) is 13.8 Å². The second kappa shape index (κ2) is 12.7. The van der Waals surface area contributed by atoms with E-state index in [4.69, 9.17) is 0 Å². The summed E-state index contributed by atoms with van der Waals surface area (Å²) in [5.41, 5.74) is 2.10. The molecule has 214 valence electrons. The van der Waals surface area contributed by atoms with Crippen LogP contribution in [0.3, 0.4) is 0 Å². The molecular weight excluding hydrogens is 503 g/mol. The molecule has 2 atom stereocenters. The predicted molar refractivity (Wildman–Crippen MR) is 150 cm³/mol. The Balaban J connectivity index is 1.22. The van der Waals surface area contributed by atoms with Gasteiger partial charge in [0.05, 0.1) is 11.5 Å². The fourth-order valence-corrected chi connectivity index (χ4v) is 5.65. The number of alkyl halides is 3. The molecule has 4 rings (SSSR count). The Morgan fingerprint density at radius 3 is 2.21 bits per heavy atom. The van der Waals surface area contributed by atoms with Crippen LogP contribution in [0.5, 0.6) is 0 Å². The summed E-state index contributed by atoms with van der Waals surface area (Å²) >= 11 is 0.